The van der Waals surface area contributed by atoms with Gasteiger partial charge in [0.2, 0.25) is 5.91 Å². The average molecular weight is 361 g/mol. The van der Waals surface area contributed by atoms with Gasteiger partial charge in [-0.2, -0.15) is 8.42 Å². The monoisotopic (exact) mass is 360 g/mol. The minimum absolute atomic E-state index is 0. The molecule has 0 saturated carbocycles. The van der Waals surface area contributed by atoms with Crippen LogP contribution in [0.3, 0.4) is 0 Å². The Balaban J connectivity index is 0.00000264. The molecule has 1 aromatic carbocycles. The van der Waals surface area contributed by atoms with Crippen molar-refractivity contribution in [1.29, 1.82) is 0 Å². The summed E-state index contributed by atoms with van der Waals surface area (Å²) in [6.07, 6.45) is 0. The van der Waals surface area contributed by atoms with E-state index in [-0.39, 0.29) is 29.8 Å². The van der Waals surface area contributed by atoms with Crippen molar-refractivity contribution in [3.63, 3.8) is 0 Å². The van der Waals surface area contributed by atoms with Crippen LogP contribution < -0.4 is 10.6 Å². The maximum atomic E-state index is 12.0. The quantitative estimate of drug-likeness (QED) is 0.708. The molecule has 23 heavy (non-hydrogen) atoms. The number of halogens is 1. The Bertz CT molecular complexity index is 691. The summed E-state index contributed by atoms with van der Waals surface area (Å²) in [6, 6.07) is 6.62. The fraction of sp³-hybridized carbons (Fsp3) is 0.429. The molecule has 0 aromatic heterocycles. The van der Waals surface area contributed by atoms with Crippen LogP contribution in [0.25, 0.3) is 0 Å². The van der Waals surface area contributed by atoms with E-state index in [1.165, 1.54) is 6.07 Å². The lowest BCUT2D eigenvalue weighted by molar-refractivity contribution is -0.121. The van der Waals surface area contributed by atoms with Crippen molar-refractivity contribution in [2.45, 2.75) is 11.8 Å². The molecule has 0 atom stereocenters. The van der Waals surface area contributed by atoms with Crippen molar-refractivity contribution >= 4 is 34.2 Å². The van der Waals surface area contributed by atoms with Crippen molar-refractivity contribution in [3.8, 4) is 0 Å². The molecule has 1 heterocycles. The van der Waals surface area contributed by atoms with Crippen LogP contribution >= 0.6 is 12.4 Å². The lowest BCUT2D eigenvalue weighted by Gasteiger charge is -2.18. The Kier molecular flexibility index (Phi) is 6.99. The molecule has 2 rings (SSSR count). The topological polar surface area (TPSA) is 90.9 Å². The van der Waals surface area contributed by atoms with Crippen LogP contribution in [0.1, 0.15) is 12.5 Å². The predicted molar refractivity (Wildman–Crippen MR) is 91.6 cm³/mol. The minimum Gasteiger partial charge on any atom is -0.353 e. The molecule has 0 radical (unpaired) electrons. The highest BCUT2D eigenvalue weighted by molar-refractivity contribution is 7.90. The molecule has 2 N–H and O–H groups in total. The second kappa shape index (κ2) is 8.28. The van der Waals surface area contributed by atoms with Crippen LogP contribution in [0.5, 0.6) is 0 Å². The zero-order valence-electron chi connectivity index (χ0n) is 13.1. The molecule has 1 aliphatic rings. The number of benzene rings is 1. The van der Waals surface area contributed by atoms with E-state index in [4.69, 9.17) is 0 Å². The molecule has 9 heteroatoms. The van der Waals surface area contributed by atoms with Gasteiger partial charge in [0.05, 0.1) is 6.54 Å². The molecule has 0 fully saturated rings. The SMILES string of the molecule is CCNCCNC(=O)CN(C)C1=NS(=O)(=O)c2ccccc21.Cl. The van der Waals surface area contributed by atoms with E-state index in [0.717, 1.165) is 6.54 Å². The smallest absolute Gasteiger partial charge is 0.285 e. The van der Waals surface area contributed by atoms with Crippen LogP contribution in [0, 0.1) is 0 Å². The number of nitrogens with zero attached hydrogens (tertiary/aromatic N) is 2. The Labute approximate surface area is 142 Å². The summed E-state index contributed by atoms with van der Waals surface area (Å²) in [5.41, 5.74) is 0.533. The normalized spacial score (nSPS) is 14.4. The first-order valence-electron chi connectivity index (χ1n) is 7.08. The number of amides is 1. The van der Waals surface area contributed by atoms with E-state index in [1.54, 1.807) is 30.1 Å². The Morgan fingerprint density at radius 2 is 1.96 bits per heavy atom. The number of hydrogen-bond acceptors (Lipinski definition) is 5. The second-order valence-corrected chi connectivity index (χ2v) is 6.52. The summed E-state index contributed by atoms with van der Waals surface area (Å²) in [5, 5.41) is 5.87. The van der Waals surface area contributed by atoms with E-state index in [2.05, 4.69) is 15.0 Å². The molecule has 0 aliphatic carbocycles. The number of carbonyl (C=O) groups excluding carboxylic acids is 1. The third kappa shape index (κ3) is 4.66. The first-order valence-corrected chi connectivity index (χ1v) is 8.52. The van der Waals surface area contributed by atoms with Crippen molar-refractivity contribution in [3.05, 3.63) is 29.8 Å². The number of sulfonamides is 1. The molecule has 128 valence electrons. The first-order chi connectivity index (χ1) is 10.5. The van der Waals surface area contributed by atoms with Gasteiger partial charge in [0.25, 0.3) is 10.0 Å². The predicted octanol–water partition coefficient (Wildman–Crippen LogP) is 0.215. The number of hydrogen-bond donors (Lipinski definition) is 2. The lowest BCUT2D eigenvalue weighted by Crippen LogP contribution is -2.40. The molecule has 0 bridgehead atoms. The zero-order valence-corrected chi connectivity index (χ0v) is 14.7. The number of rotatable bonds is 6. The highest BCUT2D eigenvalue weighted by Gasteiger charge is 2.30. The largest absolute Gasteiger partial charge is 0.353 e. The maximum Gasteiger partial charge on any atom is 0.285 e. The fourth-order valence-corrected chi connectivity index (χ4v) is 3.43. The van der Waals surface area contributed by atoms with E-state index >= 15 is 0 Å². The van der Waals surface area contributed by atoms with Gasteiger partial charge in [-0.15, -0.1) is 16.8 Å². The van der Waals surface area contributed by atoms with Crippen molar-refractivity contribution in [2.75, 3.05) is 33.2 Å². The van der Waals surface area contributed by atoms with Gasteiger partial charge in [0.15, 0.2) is 5.84 Å². The zero-order chi connectivity index (χ0) is 16.2. The summed E-state index contributed by atoms with van der Waals surface area (Å²) < 4.78 is 27.7. The van der Waals surface area contributed by atoms with Crippen LogP contribution in [0.15, 0.2) is 33.6 Å². The van der Waals surface area contributed by atoms with Crippen LogP contribution in [-0.2, 0) is 14.8 Å². The lowest BCUT2D eigenvalue weighted by atomic mass is 10.2. The number of nitrogens with one attached hydrogen (secondary N) is 2. The number of amidine groups is 1. The molecule has 1 aromatic rings. The number of carbonyl (C=O) groups is 1. The summed E-state index contributed by atoms with van der Waals surface area (Å²) in [5.74, 6) is 0.127. The van der Waals surface area contributed by atoms with Crippen LogP contribution in [-0.4, -0.2) is 58.3 Å². The number of fused-ring (bicyclic) bond motifs is 1. The molecule has 0 unspecified atom stereocenters. The van der Waals surface area contributed by atoms with E-state index in [0.29, 0.717) is 24.5 Å². The van der Waals surface area contributed by atoms with Crippen molar-refractivity contribution < 1.29 is 13.2 Å². The van der Waals surface area contributed by atoms with Gasteiger partial charge in [-0.3, -0.25) is 4.79 Å². The maximum absolute atomic E-state index is 12.0. The Morgan fingerprint density at radius 1 is 1.26 bits per heavy atom. The highest BCUT2D eigenvalue weighted by atomic mass is 35.5. The van der Waals surface area contributed by atoms with Crippen LogP contribution in [0.2, 0.25) is 0 Å². The molecule has 1 aliphatic heterocycles. The Hall–Kier alpha value is -1.64. The molecular weight excluding hydrogens is 340 g/mol. The van der Waals surface area contributed by atoms with Crippen LogP contribution in [0.4, 0.5) is 0 Å². The van der Waals surface area contributed by atoms with Gasteiger partial charge in [-0.05, 0) is 18.7 Å². The Morgan fingerprint density at radius 3 is 2.65 bits per heavy atom. The summed E-state index contributed by atoms with van der Waals surface area (Å²) in [7, 11) is -2.00. The molecule has 0 saturated heterocycles. The van der Waals surface area contributed by atoms with Gasteiger partial charge in [-0.1, -0.05) is 19.1 Å². The molecule has 1 amide bonds. The van der Waals surface area contributed by atoms with Gasteiger partial charge in [0, 0.05) is 25.7 Å². The standard InChI is InChI=1S/C14H20N4O3S.ClH/c1-3-15-8-9-16-13(19)10-18(2)14-11-6-4-5-7-12(11)22(20,21)17-14;/h4-7,15H,3,8-10H2,1-2H3,(H,16,19);1H. The minimum atomic E-state index is -3.66. The summed E-state index contributed by atoms with van der Waals surface area (Å²) in [6.45, 7) is 4.12. The number of likely N-dealkylation sites (N-methyl/N-ethyl adjacent to an activating group) is 2. The second-order valence-electron chi connectivity index (χ2n) is 4.95. The third-order valence-electron chi connectivity index (χ3n) is 3.23. The van der Waals surface area contributed by atoms with Crippen molar-refractivity contribution in [1.82, 2.24) is 15.5 Å². The van der Waals surface area contributed by atoms with Gasteiger partial charge in [-0.25, -0.2) is 0 Å². The first kappa shape index (κ1) is 19.4. The molecule has 0 spiro atoms. The summed E-state index contributed by atoms with van der Waals surface area (Å²) in [4.78, 5) is 13.6. The van der Waals surface area contributed by atoms with E-state index in [9.17, 15) is 13.2 Å². The third-order valence-corrected chi connectivity index (χ3v) is 4.55. The van der Waals surface area contributed by atoms with E-state index in [1.807, 2.05) is 6.92 Å². The molecular formula is C14H21ClN4O3S. The fourth-order valence-electron chi connectivity index (χ4n) is 2.18. The van der Waals surface area contributed by atoms with Gasteiger partial charge < -0.3 is 15.5 Å². The highest BCUT2D eigenvalue weighted by Crippen LogP contribution is 2.26. The summed E-state index contributed by atoms with van der Waals surface area (Å²) >= 11 is 0. The average Bonchev–Trinajstić information content (AvgIpc) is 2.76. The van der Waals surface area contributed by atoms with E-state index < -0.39 is 10.0 Å². The molecule has 7 nitrogen and oxygen atoms in total. The van der Waals surface area contributed by atoms with Crippen molar-refractivity contribution in [2.24, 2.45) is 4.40 Å². The van der Waals surface area contributed by atoms with Gasteiger partial charge >= 0.3 is 0 Å². The van der Waals surface area contributed by atoms with Gasteiger partial charge in [0.1, 0.15) is 4.90 Å².